The lowest BCUT2D eigenvalue weighted by molar-refractivity contribution is 0.177. The molecule has 0 fully saturated rings. The largest absolute Gasteiger partial charge is 0.338 e. The van der Waals surface area contributed by atoms with Gasteiger partial charge in [0, 0.05) is 31.5 Å². The molecule has 2 rings (SSSR count). The third-order valence-electron chi connectivity index (χ3n) is 3.96. The maximum atomic E-state index is 12.4. The molecule has 0 bridgehead atoms. The van der Waals surface area contributed by atoms with Crippen LogP contribution in [-0.2, 0) is 13.1 Å². The number of carbonyl (C=O) groups excluding carboxylic acids is 1. The molecule has 5 heteroatoms. The highest BCUT2D eigenvalue weighted by Gasteiger charge is 2.19. The molecule has 0 saturated heterocycles. The highest BCUT2D eigenvalue weighted by Crippen LogP contribution is 2.11. The Balaban J connectivity index is 2.11. The Labute approximate surface area is 144 Å². The Morgan fingerprint density at radius 1 is 1.38 bits per heavy atom. The Morgan fingerprint density at radius 3 is 2.83 bits per heavy atom. The Morgan fingerprint density at radius 2 is 2.17 bits per heavy atom. The minimum Gasteiger partial charge on any atom is -0.338 e. The summed E-state index contributed by atoms with van der Waals surface area (Å²) < 4.78 is 2.11. The number of hydrogen-bond donors (Lipinski definition) is 1. The fourth-order valence-electron chi connectivity index (χ4n) is 2.62. The topological polar surface area (TPSA) is 50.2 Å². The van der Waals surface area contributed by atoms with Gasteiger partial charge in [-0.1, -0.05) is 36.8 Å². The van der Waals surface area contributed by atoms with E-state index in [0.29, 0.717) is 13.1 Å². The molecule has 0 spiro atoms. The van der Waals surface area contributed by atoms with E-state index < -0.39 is 0 Å². The molecule has 0 saturated carbocycles. The predicted octanol–water partition coefficient (Wildman–Crippen LogP) is 3.57. The van der Waals surface area contributed by atoms with Gasteiger partial charge in [-0.3, -0.25) is 0 Å². The number of aromatic nitrogens is 2. The lowest BCUT2D eigenvalue weighted by atomic mass is 10.1. The van der Waals surface area contributed by atoms with Crippen molar-refractivity contribution in [2.24, 2.45) is 0 Å². The summed E-state index contributed by atoms with van der Waals surface area (Å²) >= 11 is 0. The zero-order chi connectivity index (χ0) is 17.5. The van der Waals surface area contributed by atoms with Crippen molar-refractivity contribution in [1.29, 1.82) is 0 Å². The van der Waals surface area contributed by atoms with Gasteiger partial charge in [-0.15, -0.1) is 0 Å². The molecular formula is C19H28N4O. The van der Waals surface area contributed by atoms with Crippen molar-refractivity contribution in [2.75, 3.05) is 6.54 Å². The average Bonchev–Trinajstić information content (AvgIpc) is 2.97. The van der Waals surface area contributed by atoms with Crippen LogP contribution >= 0.6 is 0 Å². The molecule has 1 heterocycles. The summed E-state index contributed by atoms with van der Waals surface area (Å²) in [6.07, 6.45) is 4.70. The molecule has 24 heavy (non-hydrogen) atoms. The van der Waals surface area contributed by atoms with Crippen LogP contribution < -0.4 is 5.32 Å². The van der Waals surface area contributed by atoms with E-state index in [-0.39, 0.29) is 12.1 Å². The third-order valence-corrected chi connectivity index (χ3v) is 3.96. The number of aryl methyl sites for hydroxylation is 1. The summed E-state index contributed by atoms with van der Waals surface area (Å²) in [5.41, 5.74) is 2.48. The minimum atomic E-state index is -0.0306. The number of urea groups is 1. The second-order valence-electron chi connectivity index (χ2n) is 6.41. The summed E-state index contributed by atoms with van der Waals surface area (Å²) in [7, 11) is 0. The van der Waals surface area contributed by atoms with Crippen LogP contribution in [0.3, 0.4) is 0 Å². The van der Waals surface area contributed by atoms with Gasteiger partial charge in [0.15, 0.2) is 0 Å². The van der Waals surface area contributed by atoms with E-state index in [2.05, 4.69) is 53.0 Å². The quantitative estimate of drug-likeness (QED) is 0.845. The molecule has 0 atom stereocenters. The SMILES string of the molecule is CCCNC(=O)N(Cc1nccn1Cc1cccc(C)c1)C(C)C. The van der Waals surface area contributed by atoms with E-state index >= 15 is 0 Å². The first-order chi connectivity index (χ1) is 11.5. The van der Waals surface area contributed by atoms with Crippen LogP contribution in [0.25, 0.3) is 0 Å². The first-order valence-electron chi connectivity index (χ1n) is 8.61. The number of nitrogens with zero attached hydrogens (tertiary/aromatic N) is 3. The van der Waals surface area contributed by atoms with Crippen molar-refractivity contribution in [1.82, 2.24) is 19.8 Å². The van der Waals surface area contributed by atoms with E-state index in [1.54, 1.807) is 6.20 Å². The van der Waals surface area contributed by atoms with Gasteiger partial charge in [0.25, 0.3) is 0 Å². The van der Waals surface area contributed by atoms with Crippen LogP contribution in [0.5, 0.6) is 0 Å². The zero-order valence-electron chi connectivity index (χ0n) is 15.1. The first-order valence-corrected chi connectivity index (χ1v) is 8.61. The molecule has 0 unspecified atom stereocenters. The maximum absolute atomic E-state index is 12.4. The molecule has 130 valence electrons. The number of amides is 2. The fraction of sp³-hybridized carbons (Fsp3) is 0.474. The van der Waals surface area contributed by atoms with Gasteiger partial charge >= 0.3 is 6.03 Å². The number of imidazole rings is 1. The number of nitrogens with one attached hydrogen (secondary N) is 1. The van der Waals surface area contributed by atoms with Crippen molar-refractivity contribution < 1.29 is 4.79 Å². The highest BCUT2D eigenvalue weighted by molar-refractivity contribution is 5.74. The average molecular weight is 328 g/mol. The second kappa shape index (κ2) is 8.52. The summed E-state index contributed by atoms with van der Waals surface area (Å²) in [4.78, 5) is 18.6. The second-order valence-corrected chi connectivity index (χ2v) is 6.41. The van der Waals surface area contributed by atoms with Crippen molar-refractivity contribution in [3.8, 4) is 0 Å². The van der Waals surface area contributed by atoms with Crippen LogP contribution in [0, 0.1) is 6.92 Å². The first kappa shape index (κ1) is 18.0. The minimum absolute atomic E-state index is 0.0306. The zero-order valence-corrected chi connectivity index (χ0v) is 15.1. The smallest absolute Gasteiger partial charge is 0.318 e. The van der Waals surface area contributed by atoms with Crippen LogP contribution in [0.4, 0.5) is 4.79 Å². The molecule has 0 aliphatic rings. The Hall–Kier alpha value is -2.30. The van der Waals surface area contributed by atoms with Gasteiger partial charge in [0.05, 0.1) is 6.54 Å². The van der Waals surface area contributed by atoms with Crippen molar-refractivity contribution in [2.45, 2.75) is 53.2 Å². The summed E-state index contributed by atoms with van der Waals surface area (Å²) in [6.45, 7) is 10.2. The Bertz CT molecular complexity index is 663. The normalized spacial score (nSPS) is 10.9. The van der Waals surface area contributed by atoms with Crippen molar-refractivity contribution in [3.05, 3.63) is 53.6 Å². The Kier molecular flexibility index (Phi) is 6.41. The molecule has 1 aromatic carbocycles. The molecule has 2 aromatic rings. The van der Waals surface area contributed by atoms with Gasteiger partial charge in [-0.05, 0) is 32.8 Å². The number of carbonyl (C=O) groups is 1. The standard InChI is InChI=1S/C19H28N4O/c1-5-9-21-19(24)23(15(2)3)14-18-20-10-11-22(18)13-17-8-6-7-16(4)12-17/h6-8,10-12,15H,5,9,13-14H2,1-4H3,(H,21,24). The van der Waals surface area contributed by atoms with Crippen LogP contribution in [-0.4, -0.2) is 33.1 Å². The molecule has 0 aliphatic heterocycles. The lowest BCUT2D eigenvalue weighted by Gasteiger charge is -2.27. The van der Waals surface area contributed by atoms with E-state index in [4.69, 9.17) is 0 Å². The predicted molar refractivity (Wildman–Crippen MR) is 96.9 cm³/mol. The molecule has 1 N–H and O–H groups in total. The van der Waals surface area contributed by atoms with Gasteiger partial charge in [-0.2, -0.15) is 0 Å². The molecular weight excluding hydrogens is 300 g/mol. The van der Waals surface area contributed by atoms with Crippen LogP contribution in [0.1, 0.15) is 44.1 Å². The summed E-state index contributed by atoms with van der Waals surface area (Å²) in [5, 5.41) is 2.95. The van der Waals surface area contributed by atoms with E-state index in [1.165, 1.54) is 11.1 Å². The molecule has 0 aliphatic carbocycles. The monoisotopic (exact) mass is 328 g/mol. The van der Waals surface area contributed by atoms with Gasteiger partial charge in [-0.25, -0.2) is 9.78 Å². The van der Waals surface area contributed by atoms with Gasteiger partial charge < -0.3 is 14.8 Å². The molecule has 0 radical (unpaired) electrons. The maximum Gasteiger partial charge on any atom is 0.318 e. The molecule has 5 nitrogen and oxygen atoms in total. The van der Waals surface area contributed by atoms with Crippen LogP contribution in [0.15, 0.2) is 36.7 Å². The van der Waals surface area contributed by atoms with Crippen molar-refractivity contribution in [3.63, 3.8) is 0 Å². The molecule has 2 amide bonds. The van der Waals surface area contributed by atoms with Gasteiger partial charge in [0.1, 0.15) is 5.82 Å². The van der Waals surface area contributed by atoms with E-state index in [1.807, 2.05) is 24.9 Å². The van der Waals surface area contributed by atoms with Gasteiger partial charge in [0.2, 0.25) is 0 Å². The highest BCUT2D eigenvalue weighted by atomic mass is 16.2. The molecule has 1 aromatic heterocycles. The number of benzene rings is 1. The number of hydrogen-bond acceptors (Lipinski definition) is 2. The third kappa shape index (κ3) is 4.85. The van der Waals surface area contributed by atoms with Crippen molar-refractivity contribution >= 4 is 6.03 Å². The van der Waals surface area contributed by atoms with E-state index in [9.17, 15) is 4.79 Å². The number of rotatable bonds is 7. The van der Waals surface area contributed by atoms with Crippen LogP contribution in [0.2, 0.25) is 0 Å². The lowest BCUT2D eigenvalue weighted by Crippen LogP contribution is -2.44. The summed E-state index contributed by atoms with van der Waals surface area (Å²) in [6, 6.07) is 8.54. The van der Waals surface area contributed by atoms with E-state index in [0.717, 1.165) is 18.8 Å². The fourth-order valence-corrected chi connectivity index (χ4v) is 2.62. The summed E-state index contributed by atoms with van der Waals surface area (Å²) in [5.74, 6) is 0.900.